The number of sulfonamides is 1. The summed E-state index contributed by atoms with van der Waals surface area (Å²) in [7, 11) is -3.74. The minimum Gasteiger partial charge on any atom is -0.462 e. The predicted molar refractivity (Wildman–Crippen MR) is 145 cm³/mol. The molecular formula is C26H28N4O6S2. The standard InChI is InChI=1S/C26H28N4O6S2/c1-2-36-26(33)21-16-22(18-7-4-3-5-8-18)37-25(21)29-23(31)17-28-24(32)19-9-6-10-20(15-19)38(34,35)30-13-11-27-12-14-30/h3-10,15-16,27H,2,11-14,17H2,1H3,(H,28,32)(H,29,31). The molecule has 200 valence electrons. The molecule has 0 atom stereocenters. The number of esters is 1. The van der Waals surface area contributed by atoms with Crippen molar-refractivity contribution in [1.82, 2.24) is 14.9 Å². The summed E-state index contributed by atoms with van der Waals surface area (Å²) in [5.41, 5.74) is 1.22. The van der Waals surface area contributed by atoms with Crippen LogP contribution in [0.15, 0.2) is 65.6 Å². The fraction of sp³-hybridized carbons (Fsp3) is 0.269. The Morgan fingerprint density at radius 3 is 2.47 bits per heavy atom. The number of thiophene rings is 1. The van der Waals surface area contributed by atoms with Crippen molar-refractivity contribution in [1.29, 1.82) is 0 Å². The van der Waals surface area contributed by atoms with E-state index < -0.39 is 27.8 Å². The van der Waals surface area contributed by atoms with Crippen molar-refractivity contribution in [2.24, 2.45) is 0 Å². The molecule has 0 saturated carbocycles. The molecule has 1 aromatic heterocycles. The van der Waals surface area contributed by atoms with E-state index in [4.69, 9.17) is 4.74 Å². The Morgan fingerprint density at radius 1 is 1.03 bits per heavy atom. The fourth-order valence-corrected chi connectivity index (χ4v) is 6.41. The van der Waals surface area contributed by atoms with Crippen molar-refractivity contribution in [3.05, 3.63) is 71.8 Å². The van der Waals surface area contributed by atoms with Gasteiger partial charge in [-0.25, -0.2) is 13.2 Å². The Balaban J connectivity index is 1.43. The van der Waals surface area contributed by atoms with Gasteiger partial charge in [-0.2, -0.15) is 4.31 Å². The second kappa shape index (κ2) is 12.3. The average molecular weight is 557 g/mol. The molecule has 0 bridgehead atoms. The number of nitrogens with one attached hydrogen (secondary N) is 3. The first-order valence-electron chi connectivity index (χ1n) is 12.0. The Morgan fingerprint density at radius 2 is 1.76 bits per heavy atom. The van der Waals surface area contributed by atoms with Gasteiger partial charge in [0.05, 0.1) is 23.6 Å². The number of benzene rings is 2. The van der Waals surface area contributed by atoms with Crippen molar-refractivity contribution >= 4 is 44.1 Å². The Hall–Kier alpha value is -3.58. The van der Waals surface area contributed by atoms with Crippen LogP contribution in [0.1, 0.15) is 27.6 Å². The van der Waals surface area contributed by atoms with Crippen molar-refractivity contribution in [3.8, 4) is 10.4 Å². The van der Waals surface area contributed by atoms with Crippen molar-refractivity contribution < 1.29 is 27.5 Å². The average Bonchev–Trinajstić information content (AvgIpc) is 3.36. The lowest BCUT2D eigenvalue weighted by Gasteiger charge is -2.26. The van der Waals surface area contributed by atoms with Gasteiger partial charge in [-0.05, 0) is 36.8 Å². The van der Waals surface area contributed by atoms with Crippen LogP contribution in [0, 0.1) is 0 Å². The first-order chi connectivity index (χ1) is 18.3. The number of hydrogen-bond donors (Lipinski definition) is 3. The van der Waals surface area contributed by atoms with E-state index in [0.29, 0.717) is 31.2 Å². The number of hydrogen-bond acceptors (Lipinski definition) is 8. The van der Waals surface area contributed by atoms with Crippen LogP contribution < -0.4 is 16.0 Å². The molecule has 0 radical (unpaired) electrons. The lowest BCUT2D eigenvalue weighted by Crippen LogP contribution is -2.46. The monoisotopic (exact) mass is 556 g/mol. The molecule has 0 spiro atoms. The molecular weight excluding hydrogens is 528 g/mol. The first kappa shape index (κ1) is 27.5. The zero-order chi connectivity index (χ0) is 27.1. The summed E-state index contributed by atoms with van der Waals surface area (Å²) in [5, 5.41) is 8.61. The van der Waals surface area contributed by atoms with E-state index in [9.17, 15) is 22.8 Å². The van der Waals surface area contributed by atoms with Gasteiger partial charge in [-0.3, -0.25) is 9.59 Å². The van der Waals surface area contributed by atoms with E-state index in [1.165, 1.54) is 39.9 Å². The number of anilines is 1. The van der Waals surface area contributed by atoms with Crippen molar-refractivity contribution in [2.45, 2.75) is 11.8 Å². The van der Waals surface area contributed by atoms with Crippen LogP contribution in [-0.2, 0) is 19.6 Å². The molecule has 0 unspecified atom stereocenters. The van der Waals surface area contributed by atoms with E-state index in [2.05, 4.69) is 16.0 Å². The molecule has 1 saturated heterocycles. The van der Waals surface area contributed by atoms with Gasteiger partial charge in [0.25, 0.3) is 5.91 Å². The number of nitrogens with zero attached hydrogens (tertiary/aromatic N) is 1. The second-order valence-electron chi connectivity index (χ2n) is 8.35. The van der Waals surface area contributed by atoms with E-state index in [-0.39, 0.29) is 29.2 Å². The SMILES string of the molecule is CCOC(=O)c1cc(-c2ccccc2)sc1NC(=O)CNC(=O)c1cccc(S(=O)(=O)N2CCNCC2)c1. The number of rotatable bonds is 9. The van der Waals surface area contributed by atoms with Crippen LogP contribution in [0.25, 0.3) is 10.4 Å². The molecule has 1 aliphatic rings. The van der Waals surface area contributed by atoms with Crippen molar-refractivity contribution in [2.75, 3.05) is 44.6 Å². The van der Waals surface area contributed by atoms with E-state index >= 15 is 0 Å². The molecule has 2 heterocycles. The Kier molecular flexibility index (Phi) is 8.89. The lowest BCUT2D eigenvalue weighted by atomic mass is 10.1. The zero-order valence-electron chi connectivity index (χ0n) is 20.7. The summed E-state index contributed by atoms with van der Waals surface area (Å²) in [6, 6.07) is 16.8. The van der Waals surface area contributed by atoms with Crippen molar-refractivity contribution in [3.63, 3.8) is 0 Å². The Labute approximate surface area is 225 Å². The van der Waals surface area contributed by atoms with Gasteiger partial charge < -0.3 is 20.7 Å². The van der Waals surface area contributed by atoms with Crippen LogP contribution in [0.3, 0.4) is 0 Å². The molecule has 12 heteroatoms. The van der Waals surface area contributed by atoms with E-state index in [1.54, 1.807) is 13.0 Å². The summed E-state index contributed by atoms with van der Waals surface area (Å²) in [4.78, 5) is 38.7. The maximum atomic E-state index is 12.9. The number of carbonyl (C=O) groups is 3. The summed E-state index contributed by atoms with van der Waals surface area (Å²) >= 11 is 1.22. The molecule has 10 nitrogen and oxygen atoms in total. The van der Waals surface area contributed by atoms with Gasteiger partial charge in [-0.1, -0.05) is 36.4 Å². The lowest BCUT2D eigenvalue weighted by molar-refractivity contribution is -0.115. The van der Waals surface area contributed by atoms with Gasteiger partial charge >= 0.3 is 5.97 Å². The molecule has 2 amide bonds. The van der Waals surface area contributed by atoms with Crippen LogP contribution in [0.2, 0.25) is 0 Å². The number of amides is 2. The number of piperazine rings is 1. The molecule has 0 aliphatic carbocycles. The van der Waals surface area contributed by atoms with Crippen LogP contribution in [-0.4, -0.2) is 69.8 Å². The smallest absolute Gasteiger partial charge is 0.341 e. The maximum absolute atomic E-state index is 12.9. The largest absolute Gasteiger partial charge is 0.462 e. The highest BCUT2D eigenvalue weighted by Gasteiger charge is 2.26. The quantitative estimate of drug-likeness (QED) is 0.345. The molecule has 4 rings (SSSR count). The Bertz CT molecular complexity index is 1420. The van der Waals surface area contributed by atoms with Crippen LogP contribution in [0.4, 0.5) is 5.00 Å². The second-order valence-corrected chi connectivity index (χ2v) is 11.3. The molecule has 38 heavy (non-hydrogen) atoms. The zero-order valence-corrected chi connectivity index (χ0v) is 22.4. The molecule has 3 N–H and O–H groups in total. The molecule has 1 aliphatic heterocycles. The minimum absolute atomic E-state index is 0.0163. The van der Waals surface area contributed by atoms with E-state index in [1.807, 2.05) is 30.3 Å². The van der Waals surface area contributed by atoms with E-state index in [0.717, 1.165) is 10.4 Å². The highest BCUT2D eigenvalue weighted by Crippen LogP contribution is 2.35. The summed E-state index contributed by atoms with van der Waals surface area (Å²) in [6.45, 7) is 3.31. The third-order valence-electron chi connectivity index (χ3n) is 5.76. The normalized spacial score (nSPS) is 14.0. The highest BCUT2D eigenvalue weighted by atomic mass is 32.2. The number of ether oxygens (including phenoxy) is 1. The van der Waals surface area contributed by atoms with Gasteiger partial charge in [0.2, 0.25) is 15.9 Å². The maximum Gasteiger partial charge on any atom is 0.341 e. The summed E-state index contributed by atoms with van der Waals surface area (Å²) < 4.78 is 32.4. The summed E-state index contributed by atoms with van der Waals surface area (Å²) in [5.74, 6) is -1.71. The van der Waals surface area contributed by atoms with Gasteiger partial charge in [0, 0.05) is 36.6 Å². The van der Waals surface area contributed by atoms with Gasteiger partial charge in [0.15, 0.2) is 0 Å². The first-order valence-corrected chi connectivity index (χ1v) is 14.3. The van der Waals surface area contributed by atoms with Gasteiger partial charge in [-0.15, -0.1) is 11.3 Å². The third kappa shape index (κ3) is 6.45. The fourth-order valence-electron chi connectivity index (χ4n) is 3.85. The van der Waals surface area contributed by atoms with Crippen LogP contribution >= 0.6 is 11.3 Å². The van der Waals surface area contributed by atoms with Gasteiger partial charge in [0.1, 0.15) is 5.00 Å². The predicted octanol–water partition coefficient (Wildman–Crippen LogP) is 2.55. The molecule has 3 aromatic rings. The topological polar surface area (TPSA) is 134 Å². The van der Waals surface area contributed by atoms with Crippen LogP contribution in [0.5, 0.6) is 0 Å². The highest BCUT2D eigenvalue weighted by molar-refractivity contribution is 7.89. The summed E-state index contributed by atoms with van der Waals surface area (Å²) in [6.07, 6.45) is 0. The number of carbonyl (C=O) groups excluding carboxylic acids is 3. The molecule has 1 fully saturated rings. The minimum atomic E-state index is -3.74. The molecule has 2 aromatic carbocycles. The third-order valence-corrected chi connectivity index (χ3v) is 8.75.